The van der Waals surface area contributed by atoms with E-state index >= 15 is 0 Å². The van der Waals surface area contributed by atoms with Crippen molar-refractivity contribution in [3.05, 3.63) is 48.0 Å². The monoisotopic (exact) mass is 159 g/mol. The predicted octanol–water partition coefficient (Wildman–Crippen LogP) is 2.06. The summed E-state index contributed by atoms with van der Waals surface area (Å²) in [4.78, 5) is 0. The average Bonchev–Trinajstić information content (AvgIpc) is 2.86. The lowest BCUT2D eigenvalue weighted by atomic mass is 9.93. The number of hydrogen-bond donors (Lipinski definition) is 1. The fourth-order valence-corrected chi connectivity index (χ4v) is 1.56. The summed E-state index contributed by atoms with van der Waals surface area (Å²) in [6.07, 6.45) is 0. The SMILES string of the molecule is C=C(C)C1(c2ccccc2)CN1. The standard InChI is InChI=1S/C11H13N/c1-9(2)11(8-12-11)10-6-4-3-5-7-10/h3-7,12H,1,8H2,2H3. The molecular weight excluding hydrogens is 146 g/mol. The van der Waals surface area contributed by atoms with Gasteiger partial charge in [-0.3, -0.25) is 0 Å². The third-order valence-electron chi connectivity index (χ3n) is 2.53. The maximum Gasteiger partial charge on any atom is 0.0772 e. The highest BCUT2D eigenvalue weighted by Gasteiger charge is 2.44. The molecule has 0 amide bonds. The molecule has 1 heteroatoms. The summed E-state index contributed by atoms with van der Waals surface area (Å²) < 4.78 is 0. The van der Waals surface area contributed by atoms with Crippen LogP contribution in [-0.2, 0) is 5.54 Å². The van der Waals surface area contributed by atoms with Crippen LogP contribution in [0.2, 0.25) is 0 Å². The first-order chi connectivity index (χ1) is 5.76. The second-order valence-corrected chi connectivity index (χ2v) is 3.41. The van der Waals surface area contributed by atoms with Crippen molar-refractivity contribution < 1.29 is 0 Å². The fourth-order valence-electron chi connectivity index (χ4n) is 1.56. The van der Waals surface area contributed by atoms with E-state index in [9.17, 15) is 0 Å². The number of rotatable bonds is 2. The summed E-state index contributed by atoms with van der Waals surface area (Å²) in [5.41, 5.74) is 2.63. The number of hydrogen-bond acceptors (Lipinski definition) is 1. The van der Waals surface area contributed by atoms with Crippen LogP contribution in [0.15, 0.2) is 42.5 Å². The van der Waals surface area contributed by atoms with Crippen LogP contribution in [0.1, 0.15) is 12.5 Å². The van der Waals surface area contributed by atoms with Crippen molar-refractivity contribution in [2.75, 3.05) is 6.54 Å². The first-order valence-corrected chi connectivity index (χ1v) is 4.22. The van der Waals surface area contributed by atoms with Crippen LogP contribution in [0.3, 0.4) is 0 Å². The van der Waals surface area contributed by atoms with Gasteiger partial charge in [0.15, 0.2) is 0 Å². The lowest BCUT2D eigenvalue weighted by Gasteiger charge is -2.13. The Morgan fingerprint density at radius 3 is 2.42 bits per heavy atom. The van der Waals surface area contributed by atoms with E-state index in [2.05, 4.69) is 43.1 Å². The molecule has 1 unspecified atom stereocenters. The van der Waals surface area contributed by atoms with E-state index in [1.54, 1.807) is 0 Å². The van der Waals surface area contributed by atoms with Gasteiger partial charge in [0.2, 0.25) is 0 Å². The summed E-state index contributed by atoms with van der Waals surface area (Å²) in [5, 5.41) is 3.36. The molecule has 0 saturated carbocycles. The van der Waals surface area contributed by atoms with E-state index in [0.717, 1.165) is 6.54 Å². The van der Waals surface area contributed by atoms with E-state index < -0.39 is 0 Å². The van der Waals surface area contributed by atoms with Gasteiger partial charge in [-0.25, -0.2) is 0 Å². The van der Waals surface area contributed by atoms with Crippen LogP contribution in [0, 0.1) is 0 Å². The molecule has 1 aromatic rings. The molecule has 1 heterocycles. The van der Waals surface area contributed by atoms with Crippen LogP contribution in [0.25, 0.3) is 0 Å². The summed E-state index contributed by atoms with van der Waals surface area (Å²) in [6.45, 7) is 7.11. The molecule has 1 saturated heterocycles. The molecule has 2 rings (SSSR count). The molecular formula is C11H13N. The molecule has 1 atom stereocenters. The molecule has 1 nitrogen and oxygen atoms in total. The normalized spacial score (nSPS) is 26.8. The zero-order chi connectivity index (χ0) is 8.60. The Bertz CT molecular complexity index is 296. The fraction of sp³-hybridized carbons (Fsp3) is 0.273. The van der Waals surface area contributed by atoms with Gasteiger partial charge in [-0.05, 0) is 12.5 Å². The molecule has 0 bridgehead atoms. The third-order valence-corrected chi connectivity index (χ3v) is 2.53. The van der Waals surface area contributed by atoms with E-state index in [0.29, 0.717) is 0 Å². The van der Waals surface area contributed by atoms with Crippen molar-refractivity contribution in [3.8, 4) is 0 Å². The highest BCUT2D eigenvalue weighted by Crippen LogP contribution is 2.36. The summed E-state index contributed by atoms with van der Waals surface area (Å²) in [5.74, 6) is 0. The molecule has 1 fully saturated rings. The van der Waals surface area contributed by atoms with Crippen LogP contribution in [0.4, 0.5) is 0 Å². The molecule has 0 aromatic heterocycles. The van der Waals surface area contributed by atoms with E-state index in [4.69, 9.17) is 0 Å². The lowest BCUT2D eigenvalue weighted by Crippen LogP contribution is -2.13. The average molecular weight is 159 g/mol. The molecule has 1 aliphatic rings. The highest BCUT2D eigenvalue weighted by molar-refractivity contribution is 5.40. The maximum absolute atomic E-state index is 4.00. The van der Waals surface area contributed by atoms with Crippen molar-refractivity contribution in [2.24, 2.45) is 0 Å². The van der Waals surface area contributed by atoms with Crippen LogP contribution in [0.5, 0.6) is 0 Å². The second kappa shape index (κ2) is 2.46. The quantitative estimate of drug-likeness (QED) is 0.518. The minimum absolute atomic E-state index is 0.0985. The Morgan fingerprint density at radius 2 is 2.00 bits per heavy atom. The van der Waals surface area contributed by atoms with E-state index in [-0.39, 0.29) is 5.54 Å². The number of benzene rings is 1. The van der Waals surface area contributed by atoms with Gasteiger partial charge in [0.05, 0.1) is 5.54 Å². The molecule has 62 valence electrons. The van der Waals surface area contributed by atoms with Gasteiger partial charge < -0.3 is 5.32 Å². The van der Waals surface area contributed by atoms with Gasteiger partial charge in [0.1, 0.15) is 0 Å². The largest absolute Gasteiger partial charge is 0.300 e. The first-order valence-electron chi connectivity index (χ1n) is 4.22. The topological polar surface area (TPSA) is 21.9 Å². The van der Waals surface area contributed by atoms with Crippen molar-refractivity contribution >= 4 is 0 Å². The molecule has 0 aliphatic carbocycles. The molecule has 1 N–H and O–H groups in total. The molecule has 1 aliphatic heterocycles. The lowest BCUT2D eigenvalue weighted by molar-refractivity contribution is 0.800. The minimum Gasteiger partial charge on any atom is -0.300 e. The zero-order valence-corrected chi connectivity index (χ0v) is 7.30. The Kier molecular flexibility index (Phi) is 1.55. The highest BCUT2D eigenvalue weighted by atomic mass is 15.2. The van der Waals surface area contributed by atoms with Gasteiger partial charge in [-0.2, -0.15) is 0 Å². The molecule has 12 heavy (non-hydrogen) atoms. The van der Waals surface area contributed by atoms with Crippen molar-refractivity contribution in [1.82, 2.24) is 5.32 Å². The second-order valence-electron chi connectivity index (χ2n) is 3.41. The van der Waals surface area contributed by atoms with Gasteiger partial charge in [0.25, 0.3) is 0 Å². The Balaban J connectivity index is 2.37. The smallest absolute Gasteiger partial charge is 0.0772 e. The van der Waals surface area contributed by atoms with Gasteiger partial charge in [-0.1, -0.05) is 42.5 Å². The molecule has 1 aromatic carbocycles. The van der Waals surface area contributed by atoms with Gasteiger partial charge in [-0.15, -0.1) is 0 Å². The third kappa shape index (κ3) is 0.978. The Labute approximate surface area is 73.1 Å². The van der Waals surface area contributed by atoms with Gasteiger partial charge >= 0.3 is 0 Å². The predicted molar refractivity (Wildman–Crippen MR) is 50.9 cm³/mol. The van der Waals surface area contributed by atoms with Crippen LogP contribution < -0.4 is 5.32 Å². The summed E-state index contributed by atoms with van der Waals surface area (Å²) >= 11 is 0. The van der Waals surface area contributed by atoms with Crippen molar-refractivity contribution in [3.63, 3.8) is 0 Å². The molecule has 0 radical (unpaired) electrons. The maximum atomic E-state index is 4.00. The number of nitrogens with one attached hydrogen (secondary N) is 1. The Morgan fingerprint density at radius 1 is 1.42 bits per heavy atom. The van der Waals surface area contributed by atoms with Crippen molar-refractivity contribution in [2.45, 2.75) is 12.5 Å². The zero-order valence-electron chi connectivity index (χ0n) is 7.30. The van der Waals surface area contributed by atoms with Gasteiger partial charge in [0, 0.05) is 6.54 Å². The Hall–Kier alpha value is -1.08. The molecule has 0 spiro atoms. The van der Waals surface area contributed by atoms with E-state index in [1.807, 2.05) is 6.07 Å². The van der Waals surface area contributed by atoms with Crippen LogP contribution in [-0.4, -0.2) is 6.54 Å². The summed E-state index contributed by atoms with van der Waals surface area (Å²) in [6, 6.07) is 10.5. The van der Waals surface area contributed by atoms with Crippen LogP contribution >= 0.6 is 0 Å². The minimum atomic E-state index is 0.0985. The summed E-state index contributed by atoms with van der Waals surface area (Å²) in [7, 11) is 0. The van der Waals surface area contributed by atoms with E-state index in [1.165, 1.54) is 11.1 Å². The first kappa shape index (κ1) is 7.56. The van der Waals surface area contributed by atoms with Crippen molar-refractivity contribution in [1.29, 1.82) is 0 Å².